The lowest BCUT2D eigenvalue weighted by Crippen LogP contribution is -2.57. The van der Waals surface area contributed by atoms with Crippen LogP contribution in [-0.2, 0) is 4.79 Å². The van der Waals surface area contributed by atoms with Crippen molar-refractivity contribution in [2.24, 2.45) is 0 Å². The van der Waals surface area contributed by atoms with E-state index in [-0.39, 0.29) is 36.3 Å². The molecule has 6 heteroatoms. The lowest BCUT2D eigenvalue weighted by atomic mass is 9.91. The van der Waals surface area contributed by atoms with Crippen molar-refractivity contribution >= 4 is 30.7 Å². The molecule has 0 aliphatic carbocycles. The Bertz CT molecular complexity index is 309. The van der Waals surface area contributed by atoms with Gasteiger partial charge in [0.1, 0.15) is 0 Å². The third-order valence-corrected chi connectivity index (χ3v) is 4.83. The Kier molecular flexibility index (Phi) is 8.41. The summed E-state index contributed by atoms with van der Waals surface area (Å²) >= 11 is 0. The summed E-state index contributed by atoms with van der Waals surface area (Å²) in [7, 11) is 2.16. The fraction of sp³-hybridized carbons (Fsp3) is 0.929. The molecule has 0 radical (unpaired) electrons. The third-order valence-electron chi connectivity index (χ3n) is 4.83. The zero-order valence-electron chi connectivity index (χ0n) is 12.8. The van der Waals surface area contributed by atoms with Crippen LogP contribution < -0.4 is 10.6 Å². The van der Waals surface area contributed by atoms with Gasteiger partial charge in [-0.15, -0.1) is 24.8 Å². The molecular weight excluding hydrogens is 297 g/mol. The van der Waals surface area contributed by atoms with E-state index in [0.29, 0.717) is 12.1 Å². The molecule has 2 N–H and O–H groups in total. The van der Waals surface area contributed by atoms with Crippen LogP contribution in [-0.4, -0.2) is 48.6 Å². The maximum absolute atomic E-state index is 12.5. The number of hydrogen-bond acceptors (Lipinski definition) is 3. The number of rotatable bonds is 3. The molecule has 0 aromatic carbocycles. The first kappa shape index (κ1) is 20.0. The summed E-state index contributed by atoms with van der Waals surface area (Å²) in [4.78, 5) is 14.8. The highest BCUT2D eigenvalue weighted by molar-refractivity contribution is 5.87. The Hall–Kier alpha value is -0.0300. The largest absolute Gasteiger partial charge is 0.352 e. The lowest BCUT2D eigenvalue weighted by Gasteiger charge is -2.37. The second kappa shape index (κ2) is 8.42. The van der Waals surface area contributed by atoms with Crippen molar-refractivity contribution in [1.29, 1.82) is 0 Å². The van der Waals surface area contributed by atoms with Crippen LogP contribution in [0, 0.1) is 0 Å². The molecule has 0 aromatic heterocycles. The van der Waals surface area contributed by atoms with Gasteiger partial charge in [0.25, 0.3) is 0 Å². The van der Waals surface area contributed by atoms with Crippen LogP contribution in [0.1, 0.15) is 46.0 Å². The molecule has 2 aliphatic heterocycles. The molecule has 3 atom stereocenters. The van der Waals surface area contributed by atoms with Crippen molar-refractivity contribution in [2.45, 2.75) is 63.6 Å². The quantitative estimate of drug-likeness (QED) is 0.833. The minimum Gasteiger partial charge on any atom is -0.352 e. The number of carbonyl (C=O) groups excluding carboxylic acids is 1. The molecule has 0 aromatic rings. The first-order valence-corrected chi connectivity index (χ1v) is 7.33. The predicted molar refractivity (Wildman–Crippen MR) is 88.0 cm³/mol. The molecule has 20 heavy (non-hydrogen) atoms. The Morgan fingerprint density at radius 3 is 2.65 bits per heavy atom. The normalized spacial score (nSPS) is 34.0. The molecule has 1 amide bonds. The maximum atomic E-state index is 12.5. The molecule has 2 aliphatic rings. The fourth-order valence-corrected chi connectivity index (χ4v) is 3.21. The molecule has 120 valence electrons. The molecule has 0 saturated carbocycles. The SMILES string of the molecule is CCC1(C(=O)NC2CCN(C)C(C)C2)CCCN1.Cl.Cl. The average Bonchev–Trinajstić information content (AvgIpc) is 2.84. The van der Waals surface area contributed by atoms with E-state index in [2.05, 4.69) is 36.4 Å². The first-order valence-electron chi connectivity index (χ1n) is 7.33. The molecule has 3 unspecified atom stereocenters. The van der Waals surface area contributed by atoms with Crippen molar-refractivity contribution in [3.05, 3.63) is 0 Å². The second-order valence-electron chi connectivity index (χ2n) is 5.99. The number of nitrogens with one attached hydrogen (secondary N) is 2. The second-order valence-corrected chi connectivity index (χ2v) is 5.99. The highest BCUT2D eigenvalue weighted by Gasteiger charge is 2.40. The molecule has 2 saturated heterocycles. The minimum absolute atomic E-state index is 0. The molecule has 0 bridgehead atoms. The van der Waals surface area contributed by atoms with Gasteiger partial charge in [-0.2, -0.15) is 0 Å². The van der Waals surface area contributed by atoms with Gasteiger partial charge in [0.2, 0.25) is 5.91 Å². The predicted octanol–water partition coefficient (Wildman–Crippen LogP) is 1.96. The van der Waals surface area contributed by atoms with E-state index in [1.807, 2.05) is 0 Å². The van der Waals surface area contributed by atoms with Crippen molar-refractivity contribution in [1.82, 2.24) is 15.5 Å². The van der Waals surface area contributed by atoms with Gasteiger partial charge in [-0.05, 0) is 52.6 Å². The van der Waals surface area contributed by atoms with Crippen LogP contribution in [0.25, 0.3) is 0 Å². The molecule has 2 fully saturated rings. The summed E-state index contributed by atoms with van der Waals surface area (Å²) in [6, 6.07) is 0.924. The maximum Gasteiger partial charge on any atom is 0.240 e. The first-order chi connectivity index (χ1) is 8.57. The molecule has 2 rings (SSSR count). The summed E-state index contributed by atoms with van der Waals surface area (Å²) in [5.41, 5.74) is -0.285. The number of amides is 1. The summed E-state index contributed by atoms with van der Waals surface area (Å²) < 4.78 is 0. The topological polar surface area (TPSA) is 44.4 Å². The van der Waals surface area contributed by atoms with Gasteiger partial charge >= 0.3 is 0 Å². The number of halogens is 2. The molecule has 4 nitrogen and oxygen atoms in total. The highest BCUT2D eigenvalue weighted by Crippen LogP contribution is 2.24. The zero-order chi connectivity index (χ0) is 13.2. The summed E-state index contributed by atoms with van der Waals surface area (Å²) in [6.45, 7) is 6.40. The number of hydrogen-bond donors (Lipinski definition) is 2. The third kappa shape index (κ3) is 4.23. The van der Waals surface area contributed by atoms with E-state index in [1.54, 1.807) is 0 Å². The minimum atomic E-state index is -0.285. The molecule has 2 heterocycles. The Morgan fingerprint density at radius 2 is 2.15 bits per heavy atom. The van der Waals surface area contributed by atoms with E-state index in [9.17, 15) is 4.79 Å². The smallest absolute Gasteiger partial charge is 0.240 e. The Balaban J connectivity index is 0.00000180. The standard InChI is InChI=1S/C14H27N3O.2ClH/c1-4-14(7-5-8-15-14)13(18)16-12-6-9-17(3)11(2)10-12;;/h11-12,15H,4-10H2,1-3H3,(H,16,18);2*1H. The van der Waals surface area contributed by atoms with Crippen LogP contribution in [0.3, 0.4) is 0 Å². The lowest BCUT2D eigenvalue weighted by molar-refractivity contribution is -0.128. The van der Waals surface area contributed by atoms with E-state index in [1.165, 1.54) is 0 Å². The summed E-state index contributed by atoms with van der Waals surface area (Å²) in [5, 5.41) is 6.68. The van der Waals surface area contributed by atoms with Gasteiger partial charge in [0.05, 0.1) is 5.54 Å². The van der Waals surface area contributed by atoms with Crippen molar-refractivity contribution in [2.75, 3.05) is 20.1 Å². The molecular formula is C14H29Cl2N3O. The van der Waals surface area contributed by atoms with Gasteiger partial charge in [0, 0.05) is 18.6 Å². The number of piperidine rings is 1. The van der Waals surface area contributed by atoms with Gasteiger partial charge < -0.3 is 15.5 Å². The van der Waals surface area contributed by atoms with Crippen molar-refractivity contribution < 1.29 is 4.79 Å². The van der Waals surface area contributed by atoms with Crippen LogP contribution in [0.15, 0.2) is 0 Å². The van der Waals surface area contributed by atoms with Crippen LogP contribution in [0.2, 0.25) is 0 Å². The van der Waals surface area contributed by atoms with Gasteiger partial charge in [0.15, 0.2) is 0 Å². The Labute approximate surface area is 135 Å². The van der Waals surface area contributed by atoms with Crippen molar-refractivity contribution in [3.8, 4) is 0 Å². The number of nitrogens with zero attached hydrogens (tertiary/aromatic N) is 1. The highest BCUT2D eigenvalue weighted by atomic mass is 35.5. The summed E-state index contributed by atoms with van der Waals surface area (Å²) in [6.07, 6.45) is 5.14. The zero-order valence-corrected chi connectivity index (χ0v) is 14.4. The fourth-order valence-electron chi connectivity index (χ4n) is 3.21. The number of carbonyl (C=O) groups is 1. The van der Waals surface area contributed by atoms with Gasteiger partial charge in [-0.3, -0.25) is 4.79 Å². The van der Waals surface area contributed by atoms with E-state index < -0.39 is 0 Å². The van der Waals surface area contributed by atoms with E-state index >= 15 is 0 Å². The van der Waals surface area contributed by atoms with E-state index in [0.717, 1.165) is 45.2 Å². The van der Waals surface area contributed by atoms with Crippen molar-refractivity contribution in [3.63, 3.8) is 0 Å². The van der Waals surface area contributed by atoms with Gasteiger partial charge in [-0.1, -0.05) is 6.92 Å². The molecule has 0 spiro atoms. The Morgan fingerprint density at radius 1 is 1.45 bits per heavy atom. The van der Waals surface area contributed by atoms with E-state index in [4.69, 9.17) is 0 Å². The monoisotopic (exact) mass is 325 g/mol. The number of likely N-dealkylation sites (tertiary alicyclic amines) is 1. The summed E-state index contributed by atoms with van der Waals surface area (Å²) in [5.74, 6) is 0.226. The van der Waals surface area contributed by atoms with Crippen LogP contribution in [0.5, 0.6) is 0 Å². The average molecular weight is 326 g/mol. The van der Waals surface area contributed by atoms with Gasteiger partial charge in [-0.25, -0.2) is 0 Å². The van der Waals surface area contributed by atoms with Crippen LogP contribution in [0.4, 0.5) is 0 Å². The van der Waals surface area contributed by atoms with Crippen LogP contribution >= 0.6 is 24.8 Å².